The van der Waals surface area contributed by atoms with E-state index in [0.29, 0.717) is 15.3 Å². The topological polar surface area (TPSA) is 71.5 Å². The van der Waals surface area contributed by atoms with E-state index in [2.05, 4.69) is 9.73 Å². The Balaban J connectivity index is 1.71. The van der Waals surface area contributed by atoms with Gasteiger partial charge in [-0.1, -0.05) is 6.07 Å². The van der Waals surface area contributed by atoms with Crippen molar-refractivity contribution in [3.8, 4) is 16.2 Å². The van der Waals surface area contributed by atoms with Crippen molar-refractivity contribution < 1.29 is 26.7 Å². The van der Waals surface area contributed by atoms with Gasteiger partial charge >= 0.3 is 6.36 Å². The number of benzene rings is 2. The second-order valence-electron chi connectivity index (χ2n) is 6.01. The molecule has 3 N–H and O–H groups in total. The van der Waals surface area contributed by atoms with Gasteiger partial charge in [0.15, 0.2) is 0 Å². The first kappa shape index (κ1) is 21.4. The zero-order valence-electron chi connectivity index (χ0n) is 15.1. The minimum absolute atomic E-state index is 0.0722. The fourth-order valence-corrected chi connectivity index (χ4v) is 3.49. The quantitative estimate of drug-likeness (QED) is 0.308. The van der Waals surface area contributed by atoms with Crippen molar-refractivity contribution in [3.05, 3.63) is 76.7 Å². The number of amidine groups is 1. The second kappa shape index (κ2) is 8.62. The first-order chi connectivity index (χ1) is 14.1. The fourth-order valence-electron chi connectivity index (χ4n) is 2.54. The number of nitrogens with one attached hydrogen (secondary N) is 1. The Morgan fingerprint density at radius 1 is 1.00 bits per heavy atom. The summed E-state index contributed by atoms with van der Waals surface area (Å²) in [5.41, 5.74) is 5.93. The van der Waals surface area contributed by atoms with Gasteiger partial charge in [0, 0.05) is 4.88 Å². The third kappa shape index (κ3) is 5.20. The number of ether oxygens (including phenoxy) is 1. The number of nitrogens with zero attached hydrogens (tertiary/aromatic N) is 1. The van der Waals surface area contributed by atoms with E-state index >= 15 is 0 Å². The number of hydrogen-bond donors (Lipinski definition) is 2. The monoisotopic (exact) mass is 439 g/mol. The molecule has 3 aromatic rings. The maximum atomic E-state index is 13.7. The van der Waals surface area contributed by atoms with Gasteiger partial charge in [-0.15, -0.1) is 24.5 Å². The summed E-state index contributed by atoms with van der Waals surface area (Å²) in [5, 5.41) is 8.12. The van der Waals surface area contributed by atoms with E-state index in [0.717, 1.165) is 12.1 Å². The van der Waals surface area contributed by atoms with Gasteiger partial charge in [-0.25, -0.2) is 8.78 Å². The summed E-state index contributed by atoms with van der Waals surface area (Å²) in [6, 6.07) is 12.0. The first-order valence-corrected chi connectivity index (χ1v) is 9.24. The molecule has 0 bridgehead atoms. The average molecular weight is 439 g/mol. The second-order valence-corrected chi connectivity index (χ2v) is 7.10. The molecule has 0 aliphatic carbocycles. The highest BCUT2D eigenvalue weighted by Crippen LogP contribution is 2.31. The lowest BCUT2D eigenvalue weighted by Gasteiger charge is -2.08. The molecule has 0 saturated heterocycles. The van der Waals surface area contributed by atoms with Gasteiger partial charge in [-0.2, -0.15) is 0 Å². The molecule has 0 unspecified atom stereocenters. The number of nitrogens with two attached hydrogens (primary N) is 1. The van der Waals surface area contributed by atoms with Crippen LogP contribution in [0.1, 0.15) is 10.4 Å². The van der Waals surface area contributed by atoms with E-state index in [1.54, 1.807) is 12.1 Å². The van der Waals surface area contributed by atoms with Crippen LogP contribution in [-0.2, 0) is 0 Å². The van der Waals surface area contributed by atoms with E-state index in [-0.39, 0.29) is 23.8 Å². The standard InChI is InChI=1S/C20H14F5N3OS/c21-13-2-1-3-14(22)18(13)19(27)28-10-15(26)17-9-8-16(30-17)11-4-6-12(7-5-11)29-20(23,24)25/h1-9,26H,10H2,(H2,27,28). The number of alkyl halides is 3. The normalized spacial score (nSPS) is 12.1. The highest BCUT2D eigenvalue weighted by molar-refractivity contribution is 7.17. The van der Waals surface area contributed by atoms with Crippen LogP contribution in [0, 0.1) is 17.0 Å². The minimum Gasteiger partial charge on any atom is -0.406 e. The summed E-state index contributed by atoms with van der Waals surface area (Å²) in [4.78, 5) is 5.14. The van der Waals surface area contributed by atoms with Crippen LogP contribution in [0.2, 0.25) is 0 Å². The van der Waals surface area contributed by atoms with Crippen LogP contribution in [0.25, 0.3) is 10.4 Å². The van der Waals surface area contributed by atoms with E-state index < -0.39 is 23.6 Å². The molecular formula is C20H14F5N3OS. The van der Waals surface area contributed by atoms with Crippen molar-refractivity contribution >= 4 is 22.9 Å². The molecule has 0 amide bonds. The van der Waals surface area contributed by atoms with Gasteiger partial charge in [0.05, 0.1) is 22.7 Å². The number of rotatable bonds is 6. The molecule has 1 aromatic heterocycles. The van der Waals surface area contributed by atoms with Crippen molar-refractivity contribution in [1.29, 1.82) is 5.41 Å². The molecule has 2 aromatic carbocycles. The highest BCUT2D eigenvalue weighted by Gasteiger charge is 2.31. The Bertz CT molecular complexity index is 1070. The van der Waals surface area contributed by atoms with Crippen LogP contribution in [0.3, 0.4) is 0 Å². The molecule has 1 heterocycles. The van der Waals surface area contributed by atoms with Gasteiger partial charge in [0.1, 0.15) is 23.2 Å². The number of hydrogen-bond acceptors (Lipinski definition) is 4. The molecule has 3 rings (SSSR count). The lowest BCUT2D eigenvalue weighted by Crippen LogP contribution is -2.19. The Hall–Kier alpha value is -3.27. The van der Waals surface area contributed by atoms with Gasteiger partial charge in [0.2, 0.25) is 0 Å². The fraction of sp³-hybridized carbons (Fsp3) is 0.100. The molecule has 0 spiro atoms. The predicted molar refractivity (Wildman–Crippen MR) is 105 cm³/mol. The summed E-state index contributed by atoms with van der Waals surface area (Å²) in [6.07, 6.45) is -4.76. The molecule has 0 atom stereocenters. The van der Waals surface area contributed by atoms with Gasteiger partial charge in [0.25, 0.3) is 0 Å². The predicted octanol–water partition coefficient (Wildman–Crippen LogP) is 5.37. The summed E-state index contributed by atoms with van der Waals surface area (Å²) < 4.78 is 68.0. The Kier molecular flexibility index (Phi) is 6.16. The zero-order chi connectivity index (χ0) is 21.9. The molecular weight excluding hydrogens is 425 g/mol. The summed E-state index contributed by atoms with van der Waals surface area (Å²) in [5.74, 6) is -2.38. The van der Waals surface area contributed by atoms with Crippen molar-refractivity contribution in [2.45, 2.75) is 6.36 Å². The minimum atomic E-state index is -4.76. The Morgan fingerprint density at radius 2 is 1.63 bits per heavy atom. The summed E-state index contributed by atoms with van der Waals surface area (Å²) in [6.45, 7) is -0.197. The number of thiophene rings is 1. The van der Waals surface area contributed by atoms with Crippen LogP contribution in [-0.4, -0.2) is 24.5 Å². The molecule has 30 heavy (non-hydrogen) atoms. The summed E-state index contributed by atoms with van der Waals surface area (Å²) in [7, 11) is 0. The van der Waals surface area contributed by atoms with E-state index in [1.165, 1.54) is 41.7 Å². The number of halogens is 5. The molecule has 156 valence electrons. The van der Waals surface area contributed by atoms with E-state index in [1.807, 2.05) is 0 Å². The molecule has 0 aliphatic rings. The smallest absolute Gasteiger partial charge is 0.406 e. The van der Waals surface area contributed by atoms with Crippen molar-refractivity contribution in [3.63, 3.8) is 0 Å². The first-order valence-electron chi connectivity index (χ1n) is 8.42. The van der Waals surface area contributed by atoms with Crippen molar-refractivity contribution in [2.75, 3.05) is 6.54 Å². The van der Waals surface area contributed by atoms with Crippen LogP contribution < -0.4 is 10.5 Å². The molecule has 0 saturated carbocycles. The van der Waals surface area contributed by atoms with Crippen molar-refractivity contribution in [2.24, 2.45) is 10.7 Å². The van der Waals surface area contributed by atoms with Gasteiger partial charge < -0.3 is 15.9 Å². The maximum Gasteiger partial charge on any atom is 0.573 e. The SMILES string of the molecule is N=C(CN=C(N)c1c(F)cccc1F)c1ccc(-c2ccc(OC(F)(F)F)cc2)s1. The number of aliphatic imine (C=N–C) groups is 1. The average Bonchev–Trinajstić information content (AvgIpc) is 3.15. The molecule has 0 aliphatic heterocycles. The molecule has 10 heteroatoms. The Labute approximate surface area is 172 Å². The molecule has 0 fully saturated rings. The van der Waals surface area contributed by atoms with Gasteiger partial charge in [-0.05, 0) is 54.1 Å². The van der Waals surface area contributed by atoms with Gasteiger partial charge in [-0.3, -0.25) is 4.99 Å². The largest absolute Gasteiger partial charge is 0.573 e. The summed E-state index contributed by atoms with van der Waals surface area (Å²) >= 11 is 1.22. The maximum absolute atomic E-state index is 13.7. The molecule has 0 radical (unpaired) electrons. The molecule has 4 nitrogen and oxygen atoms in total. The van der Waals surface area contributed by atoms with Crippen LogP contribution in [0.4, 0.5) is 22.0 Å². The lowest BCUT2D eigenvalue weighted by atomic mass is 10.2. The third-order valence-corrected chi connectivity index (χ3v) is 5.10. The third-order valence-electron chi connectivity index (χ3n) is 3.90. The lowest BCUT2D eigenvalue weighted by molar-refractivity contribution is -0.274. The van der Waals surface area contributed by atoms with Crippen LogP contribution in [0.15, 0.2) is 59.6 Å². The van der Waals surface area contributed by atoms with E-state index in [9.17, 15) is 22.0 Å². The van der Waals surface area contributed by atoms with Crippen LogP contribution >= 0.6 is 11.3 Å². The Morgan fingerprint density at radius 3 is 2.23 bits per heavy atom. The van der Waals surface area contributed by atoms with Crippen LogP contribution in [0.5, 0.6) is 5.75 Å². The zero-order valence-corrected chi connectivity index (χ0v) is 16.0. The van der Waals surface area contributed by atoms with Crippen molar-refractivity contribution in [1.82, 2.24) is 0 Å². The highest BCUT2D eigenvalue weighted by atomic mass is 32.1. The van der Waals surface area contributed by atoms with E-state index in [4.69, 9.17) is 11.1 Å².